The van der Waals surface area contributed by atoms with Crippen LogP contribution in [0.1, 0.15) is 6.42 Å². The molecule has 0 spiro atoms. The second-order valence-corrected chi connectivity index (χ2v) is 11.3. The Kier molecular flexibility index (Phi) is 6.97. The lowest BCUT2D eigenvalue weighted by Gasteiger charge is -2.25. The van der Waals surface area contributed by atoms with Crippen LogP contribution in [0.5, 0.6) is 0 Å². The highest BCUT2D eigenvalue weighted by atomic mass is 32.2. The topological polar surface area (TPSA) is 83.6 Å². The molecule has 0 aromatic heterocycles. The first-order valence-electron chi connectivity index (χ1n) is 10.6. The van der Waals surface area contributed by atoms with Crippen LogP contribution in [0.25, 0.3) is 10.8 Å². The molecule has 0 aliphatic carbocycles. The normalized spacial score (nSPS) is 12.0. The van der Waals surface area contributed by atoms with E-state index in [1.165, 1.54) is 46.8 Å². The van der Waals surface area contributed by atoms with Crippen LogP contribution in [0.4, 0.5) is 10.1 Å². The Bertz CT molecular complexity index is 1490. The van der Waals surface area contributed by atoms with E-state index in [0.717, 1.165) is 10.8 Å². The van der Waals surface area contributed by atoms with Gasteiger partial charge < -0.3 is 0 Å². The lowest BCUT2D eigenvalue weighted by Crippen LogP contribution is -2.34. The van der Waals surface area contributed by atoms with E-state index in [1.54, 1.807) is 30.3 Å². The summed E-state index contributed by atoms with van der Waals surface area (Å²) in [6.45, 7) is 0.0280. The molecule has 4 rings (SSSR count). The van der Waals surface area contributed by atoms with Gasteiger partial charge in [0.05, 0.1) is 15.5 Å². The molecule has 0 atom stereocenters. The van der Waals surface area contributed by atoms with E-state index in [2.05, 4.69) is 4.72 Å². The molecule has 0 saturated heterocycles. The second kappa shape index (κ2) is 9.92. The summed E-state index contributed by atoms with van der Waals surface area (Å²) in [5, 5.41) is 1.68. The molecule has 0 amide bonds. The van der Waals surface area contributed by atoms with Crippen LogP contribution >= 0.6 is 0 Å². The lowest BCUT2D eigenvalue weighted by atomic mass is 10.1. The number of rotatable bonds is 9. The van der Waals surface area contributed by atoms with E-state index in [0.29, 0.717) is 5.69 Å². The zero-order valence-electron chi connectivity index (χ0n) is 18.1. The van der Waals surface area contributed by atoms with E-state index < -0.39 is 25.9 Å². The molecule has 0 heterocycles. The minimum atomic E-state index is -3.99. The third-order valence-electron chi connectivity index (χ3n) is 5.31. The van der Waals surface area contributed by atoms with Crippen LogP contribution in [0.15, 0.2) is 107 Å². The zero-order chi connectivity index (χ0) is 24.2. The van der Waals surface area contributed by atoms with Crippen molar-refractivity contribution >= 4 is 36.5 Å². The Morgan fingerprint density at radius 2 is 1.35 bits per heavy atom. The van der Waals surface area contributed by atoms with Gasteiger partial charge in [0, 0.05) is 13.1 Å². The van der Waals surface area contributed by atoms with E-state index in [-0.39, 0.29) is 29.3 Å². The first kappa shape index (κ1) is 23.9. The van der Waals surface area contributed by atoms with Crippen LogP contribution in [0.2, 0.25) is 0 Å². The third-order valence-corrected chi connectivity index (χ3v) is 8.61. The molecule has 0 bridgehead atoms. The Balaban J connectivity index is 1.57. The minimum Gasteiger partial charge on any atom is -0.266 e. The standard InChI is InChI=1S/C25H23FN2O4S2/c26-22-12-14-23(15-13-22)28(18-6-17-27-33(29,30)24-9-2-1-3-10-24)34(31,32)25-16-11-20-7-4-5-8-21(20)19-25/h1-5,7-16,19,27H,6,17-18H2. The van der Waals surface area contributed by atoms with Gasteiger partial charge in [-0.15, -0.1) is 0 Å². The quantitative estimate of drug-likeness (QED) is 0.344. The number of halogens is 1. The molecule has 0 unspecified atom stereocenters. The van der Waals surface area contributed by atoms with Gasteiger partial charge in [-0.25, -0.2) is 25.9 Å². The number of anilines is 1. The highest BCUT2D eigenvalue weighted by molar-refractivity contribution is 7.92. The van der Waals surface area contributed by atoms with Gasteiger partial charge >= 0.3 is 0 Å². The van der Waals surface area contributed by atoms with Crippen molar-refractivity contribution in [1.29, 1.82) is 0 Å². The summed E-state index contributed by atoms with van der Waals surface area (Å²) in [5.41, 5.74) is 0.292. The number of sulfonamides is 2. The summed E-state index contributed by atoms with van der Waals surface area (Å²) in [6, 6.07) is 25.4. The molecule has 34 heavy (non-hydrogen) atoms. The fourth-order valence-corrected chi connectivity index (χ4v) is 6.20. The molecule has 176 valence electrons. The van der Waals surface area contributed by atoms with E-state index in [4.69, 9.17) is 0 Å². The summed E-state index contributed by atoms with van der Waals surface area (Å²) in [5.74, 6) is -0.484. The first-order valence-corrected chi connectivity index (χ1v) is 13.5. The second-order valence-electron chi connectivity index (χ2n) is 7.63. The Morgan fingerprint density at radius 3 is 2.06 bits per heavy atom. The maximum atomic E-state index is 13.6. The molecule has 0 saturated carbocycles. The molecule has 6 nitrogen and oxygen atoms in total. The summed E-state index contributed by atoms with van der Waals surface area (Å²) in [6.07, 6.45) is 0.205. The number of hydrogen-bond acceptors (Lipinski definition) is 4. The SMILES string of the molecule is O=S(=O)(NCCCN(c1ccc(F)cc1)S(=O)(=O)c1ccc2ccccc2c1)c1ccccc1. The van der Waals surface area contributed by atoms with Crippen molar-refractivity contribution in [3.8, 4) is 0 Å². The number of fused-ring (bicyclic) bond motifs is 1. The summed E-state index contributed by atoms with van der Waals surface area (Å²) in [7, 11) is -7.70. The molecule has 0 aliphatic heterocycles. The molecule has 9 heteroatoms. The van der Waals surface area contributed by atoms with Gasteiger partial charge in [-0.05, 0) is 65.7 Å². The first-order chi connectivity index (χ1) is 16.3. The molecule has 4 aromatic carbocycles. The summed E-state index contributed by atoms with van der Waals surface area (Å²) < 4.78 is 69.2. The van der Waals surface area contributed by atoms with Gasteiger partial charge in [-0.1, -0.05) is 48.5 Å². The van der Waals surface area contributed by atoms with Gasteiger partial charge in [0.15, 0.2) is 0 Å². The lowest BCUT2D eigenvalue weighted by molar-refractivity contribution is 0.577. The van der Waals surface area contributed by atoms with Gasteiger partial charge in [-0.2, -0.15) is 0 Å². The highest BCUT2D eigenvalue weighted by Crippen LogP contribution is 2.27. The highest BCUT2D eigenvalue weighted by Gasteiger charge is 2.25. The van der Waals surface area contributed by atoms with Crippen LogP contribution < -0.4 is 9.03 Å². The van der Waals surface area contributed by atoms with Crippen LogP contribution in [0.3, 0.4) is 0 Å². The monoisotopic (exact) mass is 498 g/mol. The number of nitrogens with zero attached hydrogens (tertiary/aromatic N) is 1. The molecule has 0 radical (unpaired) electrons. The van der Waals surface area contributed by atoms with Crippen molar-refractivity contribution in [3.05, 3.63) is 103 Å². The van der Waals surface area contributed by atoms with Gasteiger partial charge in [0.1, 0.15) is 5.82 Å². The maximum Gasteiger partial charge on any atom is 0.264 e. The maximum absolute atomic E-state index is 13.6. The van der Waals surface area contributed by atoms with Crippen molar-refractivity contribution in [2.45, 2.75) is 16.2 Å². The molecular weight excluding hydrogens is 475 g/mol. The smallest absolute Gasteiger partial charge is 0.264 e. The van der Waals surface area contributed by atoms with E-state index in [9.17, 15) is 21.2 Å². The van der Waals surface area contributed by atoms with Crippen molar-refractivity contribution in [3.63, 3.8) is 0 Å². The van der Waals surface area contributed by atoms with Crippen molar-refractivity contribution < 1.29 is 21.2 Å². The average molecular weight is 499 g/mol. The Morgan fingerprint density at radius 1 is 0.706 bits per heavy atom. The fourth-order valence-electron chi connectivity index (χ4n) is 3.56. The third kappa shape index (κ3) is 5.27. The average Bonchev–Trinajstić information content (AvgIpc) is 2.85. The van der Waals surface area contributed by atoms with Crippen LogP contribution in [-0.4, -0.2) is 29.9 Å². The van der Waals surface area contributed by atoms with Crippen molar-refractivity contribution in [2.75, 3.05) is 17.4 Å². The predicted octanol–water partition coefficient (Wildman–Crippen LogP) is 4.54. The molecule has 0 aliphatic rings. The Labute approximate surface area is 198 Å². The van der Waals surface area contributed by atoms with Crippen LogP contribution in [0, 0.1) is 5.82 Å². The Hall–Kier alpha value is -3.27. The molecular formula is C25H23FN2O4S2. The molecule has 1 N–H and O–H groups in total. The van der Waals surface area contributed by atoms with Crippen molar-refractivity contribution in [2.24, 2.45) is 0 Å². The van der Waals surface area contributed by atoms with Crippen molar-refractivity contribution in [1.82, 2.24) is 4.72 Å². The van der Waals surface area contributed by atoms with Gasteiger partial charge in [0.25, 0.3) is 10.0 Å². The minimum absolute atomic E-state index is 0.00188. The fraction of sp³-hybridized carbons (Fsp3) is 0.120. The van der Waals surface area contributed by atoms with Gasteiger partial charge in [-0.3, -0.25) is 4.31 Å². The molecule has 4 aromatic rings. The summed E-state index contributed by atoms with van der Waals surface area (Å²) >= 11 is 0. The number of nitrogens with one attached hydrogen (secondary N) is 1. The predicted molar refractivity (Wildman–Crippen MR) is 131 cm³/mol. The van der Waals surface area contributed by atoms with Crippen LogP contribution in [-0.2, 0) is 20.0 Å². The van der Waals surface area contributed by atoms with E-state index in [1.807, 2.05) is 24.3 Å². The largest absolute Gasteiger partial charge is 0.266 e. The summed E-state index contributed by atoms with van der Waals surface area (Å²) in [4.78, 5) is 0.231. The zero-order valence-corrected chi connectivity index (χ0v) is 19.8. The molecule has 0 fully saturated rings. The van der Waals surface area contributed by atoms with Gasteiger partial charge in [0.2, 0.25) is 10.0 Å². The number of benzene rings is 4. The number of hydrogen-bond donors (Lipinski definition) is 1. The van der Waals surface area contributed by atoms with E-state index >= 15 is 0 Å².